The van der Waals surface area contributed by atoms with Crippen LogP contribution in [0.25, 0.3) is 0 Å². The monoisotopic (exact) mass is 277 g/mol. The molecule has 0 aliphatic rings. The first-order valence-corrected chi connectivity index (χ1v) is 6.85. The highest BCUT2D eigenvalue weighted by Crippen LogP contribution is 2.28. The second kappa shape index (κ2) is 6.93. The number of amidine groups is 1. The Kier molecular flexibility index (Phi) is 5.55. The van der Waals surface area contributed by atoms with Gasteiger partial charge in [0.25, 0.3) is 0 Å². The van der Waals surface area contributed by atoms with Crippen molar-refractivity contribution in [2.24, 2.45) is 16.3 Å². The molecule has 20 heavy (non-hydrogen) atoms. The SMILES string of the molecule is CCC(CC)(C(=O)NC(C)c1ccccc1)C(N)=NO. The van der Waals surface area contributed by atoms with E-state index in [1.165, 1.54) is 0 Å². The Balaban J connectivity index is 2.93. The molecule has 0 saturated heterocycles. The maximum absolute atomic E-state index is 12.5. The summed E-state index contributed by atoms with van der Waals surface area (Å²) in [5.74, 6) is -0.255. The molecule has 5 heteroatoms. The van der Waals surface area contributed by atoms with Gasteiger partial charge in [0.1, 0.15) is 5.41 Å². The number of carbonyl (C=O) groups is 1. The minimum Gasteiger partial charge on any atom is -0.409 e. The average Bonchev–Trinajstić information content (AvgIpc) is 2.49. The molecule has 0 saturated carbocycles. The third-order valence-electron chi connectivity index (χ3n) is 3.89. The fourth-order valence-electron chi connectivity index (χ4n) is 2.31. The van der Waals surface area contributed by atoms with Gasteiger partial charge in [-0.2, -0.15) is 0 Å². The third kappa shape index (κ3) is 3.10. The number of hydrogen-bond donors (Lipinski definition) is 3. The summed E-state index contributed by atoms with van der Waals surface area (Å²) in [6, 6.07) is 9.55. The van der Waals surface area contributed by atoms with Crippen molar-refractivity contribution < 1.29 is 10.0 Å². The molecule has 1 amide bonds. The van der Waals surface area contributed by atoms with E-state index in [4.69, 9.17) is 10.9 Å². The highest BCUT2D eigenvalue weighted by atomic mass is 16.4. The molecule has 0 fully saturated rings. The van der Waals surface area contributed by atoms with Crippen molar-refractivity contribution in [3.63, 3.8) is 0 Å². The standard InChI is InChI=1S/C15H23N3O2/c1-4-15(5-2,13(16)18-20)14(19)17-11(3)12-9-7-6-8-10-12/h6-11,20H,4-5H2,1-3H3,(H2,16,18)(H,17,19). The van der Waals surface area contributed by atoms with Crippen LogP contribution in [-0.2, 0) is 4.79 Å². The van der Waals surface area contributed by atoms with Crippen molar-refractivity contribution in [2.75, 3.05) is 0 Å². The zero-order valence-corrected chi connectivity index (χ0v) is 12.3. The van der Waals surface area contributed by atoms with Gasteiger partial charge in [0.15, 0.2) is 5.84 Å². The predicted octanol–water partition coefficient (Wildman–Crippen LogP) is 2.42. The summed E-state index contributed by atoms with van der Waals surface area (Å²) in [6.07, 6.45) is 0.958. The fourth-order valence-corrected chi connectivity index (χ4v) is 2.31. The molecule has 5 nitrogen and oxygen atoms in total. The van der Waals surface area contributed by atoms with E-state index in [1.54, 1.807) is 0 Å². The van der Waals surface area contributed by atoms with Crippen LogP contribution in [-0.4, -0.2) is 17.0 Å². The van der Waals surface area contributed by atoms with Gasteiger partial charge in [-0.15, -0.1) is 0 Å². The quantitative estimate of drug-likeness (QED) is 0.323. The van der Waals surface area contributed by atoms with Gasteiger partial charge in [-0.05, 0) is 25.3 Å². The fraction of sp³-hybridized carbons (Fsp3) is 0.467. The molecule has 0 aromatic heterocycles. The maximum atomic E-state index is 12.5. The molecule has 0 spiro atoms. The van der Waals surface area contributed by atoms with Gasteiger partial charge in [0.05, 0.1) is 6.04 Å². The van der Waals surface area contributed by atoms with E-state index in [1.807, 2.05) is 51.1 Å². The Bertz CT molecular complexity index is 467. The number of rotatable bonds is 6. The molecule has 4 N–H and O–H groups in total. The van der Waals surface area contributed by atoms with Crippen LogP contribution in [0.15, 0.2) is 35.5 Å². The minimum absolute atomic E-state index is 0.0414. The summed E-state index contributed by atoms with van der Waals surface area (Å²) >= 11 is 0. The number of oxime groups is 1. The van der Waals surface area contributed by atoms with Gasteiger partial charge >= 0.3 is 0 Å². The zero-order valence-electron chi connectivity index (χ0n) is 12.3. The van der Waals surface area contributed by atoms with Crippen molar-refractivity contribution in [3.8, 4) is 0 Å². The summed E-state index contributed by atoms with van der Waals surface area (Å²) in [4.78, 5) is 12.5. The normalized spacial score (nSPS) is 13.8. The van der Waals surface area contributed by atoms with E-state index >= 15 is 0 Å². The molecular formula is C15H23N3O2. The minimum atomic E-state index is -0.961. The first kappa shape index (κ1) is 16.0. The van der Waals surface area contributed by atoms with E-state index in [-0.39, 0.29) is 17.8 Å². The average molecular weight is 277 g/mol. The first-order valence-electron chi connectivity index (χ1n) is 6.85. The zero-order chi connectivity index (χ0) is 15.2. The van der Waals surface area contributed by atoms with Crippen LogP contribution in [0.3, 0.4) is 0 Å². The molecule has 0 heterocycles. The summed E-state index contributed by atoms with van der Waals surface area (Å²) in [5, 5.41) is 14.9. The number of amides is 1. The van der Waals surface area contributed by atoms with E-state index < -0.39 is 5.41 Å². The van der Waals surface area contributed by atoms with Gasteiger partial charge in [-0.3, -0.25) is 4.79 Å². The van der Waals surface area contributed by atoms with Crippen molar-refractivity contribution in [1.29, 1.82) is 0 Å². The smallest absolute Gasteiger partial charge is 0.234 e. The number of nitrogens with two attached hydrogens (primary N) is 1. The molecule has 0 bridgehead atoms. The van der Waals surface area contributed by atoms with E-state index in [0.717, 1.165) is 5.56 Å². The second-order valence-corrected chi connectivity index (χ2v) is 4.88. The topological polar surface area (TPSA) is 87.7 Å². The molecular weight excluding hydrogens is 254 g/mol. The highest BCUT2D eigenvalue weighted by Gasteiger charge is 2.40. The molecule has 0 radical (unpaired) electrons. The maximum Gasteiger partial charge on any atom is 0.234 e. The molecule has 110 valence electrons. The number of hydrogen-bond acceptors (Lipinski definition) is 3. The first-order chi connectivity index (χ1) is 9.51. The van der Waals surface area contributed by atoms with Crippen molar-refractivity contribution >= 4 is 11.7 Å². The third-order valence-corrected chi connectivity index (χ3v) is 3.89. The van der Waals surface area contributed by atoms with Crippen molar-refractivity contribution in [3.05, 3.63) is 35.9 Å². The van der Waals surface area contributed by atoms with Crippen LogP contribution >= 0.6 is 0 Å². The lowest BCUT2D eigenvalue weighted by Gasteiger charge is -2.30. The van der Waals surface area contributed by atoms with Gasteiger partial charge < -0.3 is 16.3 Å². The van der Waals surface area contributed by atoms with Crippen LogP contribution < -0.4 is 11.1 Å². The Morgan fingerprint density at radius 2 is 1.90 bits per heavy atom. The van der Waals surface area contributed by atoms with Crippen molar-refractivity contribution in [2.45, 2.75) is 39.7 Å². The van der Waals surface area contributed by atoms with E-state index in [2.05, 4.69) is 10.5 Å². The van der Waals surface area contributed by atoms with Crippen LogP contribution in [0.2, 0.25) is 0 Å². The summed E-state index contributed by atoms with van der Waals surface area (Å²) in [6.45, 7) is 5.62. The summed E-state index contributed by atoms with van der Waals surface area (Å²) in [7, 11) is 0. The summed E-state index contributed by atoms with van der Waals surface area (Å²) < 4.78 is 0. The van der Waals surface area contributed by atoms with Gasteiger partial charge in [0.2, 0.25) is 5.91 Å². The largest absolute Gasteiger partial charge is 0.409 e. The Morgan fingerprint density at radius 3 is 2.35 bits per heavy atom. The molecule has 1 atom stereocenters. The molecule has 1 rings (SSSR count). The lowest BCUT2D eigenvalue weighted by atomic mass is 9.80. The highest BCUT2D eigenvalue weighted by molar-refractivity contribution is 6.06. The predicted molar refractivity (Wildman–Crippen MR) is 79.4 cm³/mol. The Morgan fingerprint density at radius 1 is 1.35 bits per heavy atom. The van der Waals surface area contributed by atoms with E-state index in [9.17, 15) is 4.79 Å². The van der Waals surface area contributed by atoms with Crippen LogP contribution in [0.4, 0.5) is 0 Å². The van der Waals surface area contributed by atoms with Crippen LogP contribution in [0.1, 0.15) is 45.2 Å². The van der Waals surface area contributed by atoms with Crippen LogP contribution in [0.5, 0.6) is 0 Å². The molecule has 0 aliphatic heterocycles. The van der Waals surface area contributed by atoms with Crippen molar-refractivity contribution in [1.82, 2.24) is 5.32 Å². The number of nitrogens with zero attached hydrogens (tertiary/aromatic N) is 1. The molecule has 1 aromatic rings. The lowest BCUT2D eigenvalue weighted by Crippen LogP contribution is -2.49. The Hall–Kier alpha value is -2.04. The number of nitrogens with one attached hydrogen (secondary N) is 1. The second-order valence-electron chi connectivity index (χ2n) is 4.88. The van der Waals surface area contributed by atoms with Gasteiger partial charge in [0, 0.05) is 0 Å². The Labute approximate surface area is 119 Å². The molecule has 0 aliphatic carbocycles. The molecule has 1 unspecified atom stereocenters. The molecule has 1 aromatic carbocycles. The summed E-state index contributed by atoms with van der Waals surface area (Å²) in [5.41, 5.74) is 5.78. The van der Waals surface area contributed by atoms with Gasteiger partial charge in [-0.25, -0.2) is 0 Å². The number of benzene rings is 1. The van der Waals surface area contributed by atoms with Gasteiger partial charge in [-0.1, -0.05) is 49.3 Å². The van der Waals surface area contributed by atoms with E-state index in [0.29, 0.717) is 12.8 Å². The van der Waals surface area contributed by atoms with Crippen LogP contribution in [0, 0.1) is 5.41 Å². The number of carbonyl (C=O) groups excluding carboxylic acids is 1. The lowest BCUT2D eigenvalue weighted by molar-refractivity contribution is -0.128.